The van der Waals surface area contributed by atoms with Gasteiger partial charge in [0.25, 0.3) is 0 Å². The van der Waals surface area contributed by atoms with E-state index in [1.54, 1.807) is 4.90 Å². The minimum Gasteiger partial charge on any atom is -0.370 e. The first-order valence-corrected chi connectivity index (χ1v) is 6.47. The maximum absolute atomic E-state index is 11.9. The van der Waals surface area contributed by atoms with Crippen LogP contribution in [0.2, 0.25) is 0 Å². The van der Waals surface area contributed by atoms with Crippen molar-refractivity contribution in [1.29, 1.82) is 5.41 Å². The van der Waals surface area contributed by atoms with Gasteiger partial charge < -0.3 is 31.9 Å². The highest BCUT2D eigenvalue weighted by Crippen LogP contribution is 1.98. The second-order valence-electron chi connectivity index (χ2n) is 4.80. The van der Waals surface area contributed by atoms with Gasteiger partial charge in [-0.2, -0.15) is 0 Å². The van der Waals surface area contributed by atoms with E-state index in [4.69, 9.17) is 16.9 Å². The number of carbonyl (C=O) groups is 2. The summed E-state index contributed by atoms with van der Waals surface area (Å²) in [6.07, 6.45) is 0. The summed E-state index contributed by atoms with van der Waals surface area (Å²) in [5, 5.41) is 11.9. The van der Waals surface area contributed by atoms with Gasteiger partial charge in [0.15, 0.2) is 5.96 Å². The lowest BCUT2D eigenvalue weighted by atomic mass is 10.3. The maximum atomic E-state index is 11.9. The van der Waals surface area contributed by atoms with Crippen molar-refractivity contribution in [3.05, 3.63) is 0 Å². The molecule has 1 saturated heterocycles. The van der Waals surface area contributed by atoms with Gasteiger partial charge in [0, 0.05) is 32.7 Å². The van der Waals surface area contributed by atoms with Gasteiger partial charge in [-0.25, -0.2) is 0 Å². The third-order valence-corrected chi connectivity index (χ3v) is 3.12. The zero-order valence-corrected chi connectivity index (χ0v) is 11.7. The predicted octanol–water partition coefficient (Wildman–Crippen LogP) is -3.31. The number of nitrogens with one attached hydrogen (secondary N) is 3. The topological polar surface area (TPSA) is 141 Å². The fourth-order valence-corrected chi connectivity index (χ4v) is 1.77. The molecule has 1 aliphatic heterocycles. The highest BCUT2D eigenvalue weighted by molar-refractivity contribution is 5.88. The first-order chi connectivity index (χ1) is 9.40. The number of rotatable bonds is 5. The second-order valence-corrected chi connectivity index (χ2v) is 4.80. The molecular weight excluding hydrogens is 262 g/mol. The number of carbonyl (C=O) groups excluding carboxylic acids is 2. The molecule has 1 atom stereocenters. The summed E-state index contributed by atoms with van der Waals surface area (Å²) < 4.78 is 0. The van der Waals surface area contributed by atoms with Crippen LogP contribution in [0.1, 0.15) is 0 Å². The maximum Gasteiger partial charge on any atom is 0.242 e. The molecule has 0 aromatic carbocycles. The Hall–Kier alpha value is -1.87. The Balaban J connectivity index is 2.26. The molecule has 114 valence electrons. The van der Waals surface area contributed by atoms with Gasteiger partial charge in [-0.15, -0.1) is 0 Å². The molecule has 9 heteroatoms. The molecule has 9 nitrogen and oxygen atoms in total. The van der Waals surface area contributed by atoms with E-state index >= 15 is 0 Å². The van der Waals surface area contributed by atoms with Crippen LogP contribution in [0.4, 0.5) is 0 Å². The molecular formula is C11H23N7O2. The van der Waals surface area contributed by atoms with Crippen LogP contribution < -0.4 is 22.1 Å². The lowest BCUT2D eigenvalue weighted by molar-refractivity contribution is -0.134. The quantitative estimate of drug-likeness (QED) is 0.264. The summed E-state index contributed by atoms with van der Waals surface area (Å²) in [6, 6.07) is -0.848. The Kier molecular flexibility index (Phi) is 6.19. The number of piperazine rings is 1. The van der Waals surface area contributed by atoms with Gasteiger partial charge in [0.2, 0.25) is 11.8 Å². The largest absolute Gasteiger partial charge is 0.370 e. The SMILES string of the molecule is CN1CCN(C(=O)CNC(=O)C(N)CNC(=N)N)CC1. The minimum absolute atomic E-state index is 0.0592. The van der Waals surface area contributed by atoms with Crippen molar-refractivity contribution in [3.63, 3.8) is 0 Å². The van der Waals surface area contributed by atoms with Crippen molar-refractivity contribution in [2.45, 2.75) is 6.04 Å². The summed E-state index contributed by atoms with van der Waals surface area (Å²) in [5.74, 6) is -0.804. The van der Waals surface area contributed by atoms with Gasteiger partial charge in [0.05, 0.1) is 6.54 Å². The zero-order valence-electron chi connectivity index (χ0n) is 11.7. The van der Waals surface area contributed by atoms with Crippen LogP contribution in [0.15, 0.2) is 0 Å². The molecule has 2 amide bonds. The van der Waals surface area contributed by atoms with Crippen LogP contribution in [-0.4, -0.2) is 79.9 Å². The number of amides is 2. The monoisotopic (exact) mass is 285 g/mol. The summed E-state index contributed by atoms with van der Waals surface area (Å²) in [4.78, 5) is 27.4. The normalized spacial score (nSPS) is 17.4. The first-order valence-electron chi connectivity index (χ1n) is 6.47. The van der Waals surface area contributed by atoms with Crippen LogP contribution in [0.25, 0.3) is 0 Å². The van der Waals surface area contributed by atoms with E-state index in [2.05, 4.69) is 15.5 Å². The standard InChI is InChI=1S/C11H23N7O2/c1-17-2-4-18(5-3-17)9(19)7-15-10(20)8(12)6-16-11(13)14/h8H,2-7,12H2,1H3,(H,15,20)(H4,13,14,16). The molecule has 0 saturated carbocycles. The Labute approximate surface area is 118 Å². The lowest BCUT2D eigenvalue weighted by Gasteiger charge is -2.32. The molecule has 1 fully saturated rings. The van der Waals surface area contributed by atoms with E-state index in [9.17, 15) is 9.59 Å². The van der Waals surface area contributed by atoms with Crippen LogP contribution in [-0.2, 0) is 9.59 Å². The first kappa shape index (κ1) is 16.2. The van der Waals surface area contributed by atoms with E-state index in [-0.39, 0.29) is 25.0 Å². The van der Waals surface area contributed by atoms with E-state index in [0.29, 0.717) is 13.1 Å². The molecule has 0 spiro atoms. The molecule has 0 radical (unpaired) electrons. The van der Waals surface area contributed by atoms with Crippen molar-refractivity contribution in [2.24, 2.45) is 11.5 Å². The molecule has 1 aliphatic rings. The van der Waals surface area contributed by atoms with Crippen molar-refractivity contribution in [3.8, 4) is 0 Å². The summed E-state index contributed by atoms with van der Waals surface area (Å²) >= 11 is 0. The highest BCUT2D eigenvalue weighted by atomic mass is 16.2. The molecule has 1 heterocycles. The van der Waals surface area contributed by atoms with Gasteiger partial charge in [-0.05, 0) is 7.05 Å². The third-order valence-electron chi connectivity index (χ3n) is 3.12. The Bertz CT molecular complexity index is 366. The number of nitrogens with zero attached hydrogens (tertiary/aromatic N) is 2. The van der Waals surface area contributed by atoms with Crippen molar-refractivity contribution >= 4 is 17.8 Å². The smallest absolute Gasteiger partial charge is 0.242 e. The number of hydrogen-bond donors (Lipinski definition) is 5. The van der Waals surface area contributed by atoms with E-state index in [0.717, 1.165) is 13.1 Å². The molecule has 7 N–H and O–H groups in total. The fourth-order valence-electron chi connectivity index (χ4n) is 1.77. The minimum atomic E-state index is -0.848. The van der Waals surface area contributed by atoms with Crippen molar-refractivity contribution in [2.75, 3.05) is 46.3 Å². The molecule has 0 bridgehead atoms. The summed E-state index contributed by atoms with van der Waals surface area (Å²) in [6.45, 7) is 3.01. The predicted molar refractivity (Wildman–Crippen MR) is 75.0 cm³/mol. The number of hydrogen-bond acceptors (Lipinski definition) is 5. The lowest BCUT2D eigenvalue weighted by Crippen LogP contribution is -2.53. The number of nitrogens with two attached hydrogens (primary N) is 2. The fraction of sp³-hybridized carbons (Fsp3) is 0.727. The van der Waals surface area contributed by atoms with Crippen LogP contribution >= 0.6 is 0 Å². The van der Waals surface area contributed by atoms with Crippen molar-refractivity contribution < 1.29 is 9.59 Å². The van der Waals surface area contributed by atoms with Crippen LogP contribution in [0, 0.1) is 5.41 Å². The summed E-state index contributed by atoms with van der Waals surface area (Å²) in [5.41, 5.74) is 10.7. The Morgan fingerprint density at radius 3 is 2.40 bits per heavy atom. The average Bonchev–Trinajstić information content (AvgIpc) is 2.42. The Morgan fingerprint density at radius 2 is 1.85 bits per heavy atom. The molecule has 20 heavy (non-hydrogen) atoms. The number of guanidine groups is 1. The molecule has 0 aromatic rings. The van der Waals surface area contributed by atoms with Gasteiger partial charge in [-0.3, -0.25) is 15.0 Å². The van der Waals surface area contributed by atoms with Gasteiger partial charge >= 0.3 is 0 Å². The molecule has 0 aliphatic carbocycles. The van der Waals surface area contributed by atoms with E-state index in [1.165, 1.54) is 0 Å². The van der Waals surface area contributed by atoms with Gasteiger partial charge in [-0.1, -0.05) is 0 Å². The molecule has 1 unspecified atom stereocenters. The Morgan fingerprint density at radius 1 is 1.25 bits per heavy atom. The molecule has 1 rings (SSSR count). The zero-order chi connectivity index (χ0) is 15.1. The summed E-state index contributed by atoms with van der Waals surface area (Å²) in [7, 11) is 2.00. The average molecular weight is 285 g/mol. The highest BCUT2D eigenvalue weighted by Gasteiger charge is 2.20. The van der Waals surface area contributed by atoms with Gasteiger partial charge in [0.1, 0.15) is 6.04 Å². The molecule has 0 aromatic heterocycles. The van der Waals surface area contributed by atoms with Crippen molar-refractivity contribution in [1.82, 2.24) is 20.4 Å². The second kappa shape index (κ2) is 7.65. The van der Waals surface area contributed by atoms with E-state index in [1.807, 2.05) is 7.05 Å². The van der Waals surface area contributed by atoms with E-state index < -0.39 is 11.9 Å². The van der Waals surface area contributed by atoms with Crippen LogP contribution in [0.5, 0.6) is 0 Å². The van der Waals surface area contributed by atoms with Crippen LogP contribution in [0.3, 0.4) is 0 Å². The third kappa shape index (κ3) is 5.41. The number of likely N-dealkylation sites (N-methyl/N-ethyl adjacent to an activating group) is 1.